The van der Waals surface area contributed by atoms with E-state index in [1.165, 1.54) is 315 Å². The topological polar surface area (TPSA) is 87.1 Å². The van der Waals surface area contributed by atoms with Crippen molar-refractivity contribution in [3.8, 4) is 0 Å². The molecule has 0 heterocycles. The molecule has 0 aliphatic heterocycles. The molecule has 1 aliphatic carbocycles. The molecule has 1 saturated carbocycles. The van der Waals surface area contributed by atoms with Crippen LogP contribution >= 0.6 is 0 Å². The Morgan fingerprint density at radius 2 is 0.654 bits per heavy atom. The Kier molecular flexibility index (Phi) is 64.5. The fourth-order valence-corrected chi connectivity index (χ4v) is 22.1. The number of esters is 1. The third kappa shape index (κ3) is 38.9. The van der Waals surface area contributed by atoms with Gasteiger partial charge < -0.3 is 19.8 Å². The zero-order valence-electron chi connectivity index (χ0n) is 73.9. The second-order valence-corrected chi connectivity index (χ2v) is 36.4. The first kappa shape index (κ1) is 101. The molecule has 0 aromatic heterocycles. The third-order valence-electron chi connectivity index (χ3n) is 28.0. The molecule has 6 nitrogen and oxygen atoms in total. The van der Waals surface area contributed by atoms with Crippen molar-refractivity contribution in [2.75, 3.05) is 32.8 Å². The molecule has 2 N–H and O–H groups in total. The van der Waals surface area contributed by atoms with Crippen LogP contribution in [0, 0.1) is 75.4 Å². The number of rotatable bonds is 81. The summed E-state index contributed by atoms with van der Waals surface area (Å²) < 4.78 is 5.84. The van der Waals surface area contributed by atoms with E-state index in [2.05, 4.69) is 109 Å². The number of ether oxygens (including phenoxy) is 1. The van der Waals surface area contributed by atoms with Crippen molar-refractivity contribution in [3.05, 3.63) is 0 Å². The van der Waals surface area contributed by atoms with Gasteiger partial charge in [0.1, 0.15) is 0 Å². The van der Waals surface area contributed by atoms with Gasteiger partial charge in [-0.2, -0.15) is 0 Å². The zero-order chi connectivity index (χ0) is 76.8. The van der Waals surface area contributed by atoms with Gasteiger partial charge in [0.05, 0.1) is 18.6 Å². The minimum absolute atomic E-state index is 0.00347. The number of carboxylic acids is 1. The first-order valence-electron chi connectivity index (χ1n) is 48.3. The molecule has 0 radical (unpaired) electrons. The van der Waals surface area contributed by atoms with E-state index in [0.29, 0.717) is 49.2 Å². The number of aliphatic hydroxyl groups is 1. The van der Waals surface area contributed by atoms with Gasteiger partial charge in [-0.1, -0.05) is 457 Å². The summed E-state index contributed by atoms with van der Waals surface area (Å²) in [4.78, 5) is 32.7. The number of unbranched alkanes of at least 4 members (excludes halogenated alkanes) is 42. The molecule has 104 heavy (non-hydrogen) atoms. The highest BCUT2D eigenvalue weighted by Gasteiger charge is 2.75. The van der Waals surface area contributed by atoms with Gasteiger partial charge in [-0.05, 0) is 128 Å². The maximum atomic E-state index is 17.1. The first-order valence-corrected chi connectivity index (χ1v) is 48.3. The lowest BCUT2D eigenvalue weighted by Gasteiger charge is -2.74. The van der Waals surface area contributed by atoms with Crippen LogP contribution in [-0.4, -0.2) is 59.9 Å². The summed E-state index contributed by atoms with van der Waals surface area (Å²) in [6.45, 7) is 41.5. The van der Waals surface area contributed by atoms with Gasteiger partial charge in [0.2, 0.25) is 0 Å². The number of hydrogen-bond donors (Lipinski definition) is 2. The summed E-state index contributed by atoms with van der Waals surface area (Å²) in [5.74, 6) is 3.04. The molecular formula is C98H193NO5. The summed E-state index contributed by atoms with van der Waals surface area (Å²) in [5, 5.41) is 25.1. The van der Waals surface area contributed by atoms with Crippen LogP contribution in [0.5, 0.6) is 0 Å². The average molecular weight is 1470 g/mol. The Bertz CT molecular complexity index is 1820. The fourth-order valence-electron chi connectivity index (χ4n) is 22.1. The standard InChI is InChI=1S/C98H193NO5/c1-16-24-32-40-48-57-68-84(9)93(76-67-79-99(80-81-100)78-66-56-47-55-65-77-94(101)104-83-92-82-91(92)75-64-39-31-23-8)96(85(10)69-58-49-41-33-25-17-2,86(11)70-59-50-42-34-26-18-3)98(89(14)73-62-53-45-37-29-21-6,90(15)74-63-54-46-38-30-22-7)97(95(102)103,87(12)71-60-51-43-35-27-19-4)88(13)72-61-52-44-36-28-20-5/h84-93,100H,16-83H2,1-15H3,(H,102,103). The Morgan fingerprint density at radius 3 is 1.02 bits per heavy atom. The summed E-state index contributed by atoms with van der Waals surface area (Å²) in [6, 6.07) is 0. The lowest BCUT2D eigenvalue weighted by atomic mass is 9.29. The van der Waals surface area contributed by atoms with Gasteiger partial charge in [-0.25, -0.2) is 0 Å². The Labute approximate surface area is 654 Å². The van der Waals surface area contributed by atoms with Crippen molar-refractivity contribution in [3.63, 3.8) is 0 Å². The molecule has 0 saturated heterocycles. The average Bonchev–Trinajstić information content (AvgIpc) is 0.754. The monoisotopic (exact) mass is 1460 g/mol. The van der Waals surface area contributed by atoms with Crippen LogP contribution in [0.25, 0.3) is 0 Å². The quantitative estimate of drug-likeness (QED) is 0.0466. The van der Waals surface area contributed by atoms with E-state index >= 15 is 4.79 Å². The normalized spacial score (nSPS) is 18.2. The molecule has 0 aromatic carbocycles. The highest BCUT2D eigenvalue weighted by molar-refractivity contribution is 5.77. The minimum atomic E-state index is -0.942. The van der Waals surface area contributed by atoms with E-state index in [1.807, 2.05) is 0 Å². The predicted molar refractivity (Wildman–Crippen MR) is 460 cm³/mol. The number of carboxylic acid groups (broad SMARTS) is 1. The second-order valence-electron chi connectivity index (χ2n) is 36.4. The lowest BCUT2D eigenvalue weighted by Crippen LogP contribution is -2.73. The summed E-state index contributed by atoms with van der Waals surface area (Å²) in [6.07, 6.45) is 77.4. The van der Waals surface area contributed by atoms with Gasteiger partial charge in [0, 0.05) is 13.0 Å². The van der Waals surface area contributed by atoms with Crippen molar-refractivity contribution in [2.45, 2.75) is 508 Å². The minimum Gasteiger partial charge on any atom is -0.481 e. The van der Waals surface area contributed by atoms with Crippen LogP contribution in [0.1, 0.15) is 508 Å². The SMILES string of the molecule is CCCCCCCCC(C)C(CCCN(CCO)CCCCCCCC(=O)OCC1CC1CCCCCC)C(C(C)CCCCCCCC)(C(C)CCCCCCCC)C(C(C)CCCCCCCC)(C(C)CCCCCCCC)C(C(=O)O)(C(C)CCCCCCCC)C(C)CCCCCCCC. The number of aliphatic carboxylic acids is 1. The second kappa shape index (κ2) is 66.5. The van der Waals surface area contributed by atoms with Gasteiger partial charge >= 0.3 is 11.9 Å². The maximum Gasteiger partial charge on any atom is 0.310 e. The number of hydrogen-bond acceptors (Lipinski definition) is 5. The van der Waals surface area contributed by atoms with Crippen molar-refractivity contribution >= 4 is 11.9 Å². The van der Waals surface area contributed by atoms with Crippen LogP contribution in [0.4, 0.5) is 0 Å². The van der Waals surface area contributed by atoms with Gasteiger partial charge in [-0.3, -0.25) is 9.59 Å². The Morgan fingerprint density at radius 1 is 0.346 bits per heavy atom. The lowest BCUT2D eigenvalue weighted by molar-refractivity contribution is -0.278. The van der Waals surface area contributed by atoms with Crippen molar-refractivity contribution in [1.82, 2.24) is 4.90 Å². The number of carbonyl (C=O) groups is 2. The predicted octanol–water partition coefficient (Wildman–Crippen LogP) is 31.9. The number of aliphatic hydroxyl groups excluding tert-OH is 1. The Hall–Kier alpha value is -1.14. The smallest absolute Gasteiger partial charge is 0.310 e. The molecule has 0 aromatic rings. The summed E-state index contributed by atoms with van der Waals surface area (Å²) in [5.41, 5.74) is -1.71. The molecule has 0 spiro atoms. The zero-order valence-corrected chi connectivity index (χ0v) is 73.9. The van der Waals surface area contributed by atoms with Gasteiger partial charge in [-0.15, -0.1) is 0 Å². The summed E-state index contributed by atoms with van der Waals surface area (Å²) >= 11 is 0. The molecule has 1 rings (SSSR count). The number of nitrogens with zero attached hydrogens (tertiary/aromatic N) is 1. The van der Waals surface area contributed by atoms with E-state index in [4.69, 9.17) is 4.74 Å². The molecule has 0 amide bonds. The Balaban J connectivity index is 4.77. The van der Waals surface area contributed by atoms with Crippen LogP contribution in [0.3, 0.4) is 0 Å². The van der Waals surface area contributed by atoms with Crippen molar-refractivity contribution < 1.29 is 24.5 Å². The molecular weight excluding hydrogens is 1270 g/mol. The fraction of sp³-hybridized carbons (Fsp3) is 0.980. The van der Waals surface area contributed by atoms with Crippen molar-refractivity contribution in [1.29, 1.82) is 0 Å². The van der Waals surface area contributed by atoms with Crippen LogP contribution in [-0.2, 0) is 14.3 Å². The molecule has 10 unspecified atom stereocenters. The number of carbonyl (C=O) groups excluding carboxylic acids is 1. The molecule has 620 valence electrons. The molecule has 10 atom stereocenters. The van der Waals surface area contributed by atoms with Gasteiger partial charge in [0.25, 0.3) is 0 Å². The van der Waals surface area contributed by atoms with Crippen molar-refractivity contribution in [2.24, 2.45) is 75.4 Å². The van der Waals surface area contributed by atoms with E-state index in [-0.39, 0.29) is 41.7 Å². The summed E-state index contributed by atoms with van der Waals surface area (Å²) in [7, 11) is 0. The van der Waals surface area contributed by atoms with Crippen LogP contribution in [0.15, 0.2) is 0 Å². The first-order chi connectivity index (χ1) is 50.6. The largest absolute Gasteiger partial charge is 0.481 e. The van der Waals surface area contributed by atoms with Crippen LogP contribution in [0.2, 0.25) is 0 Å². The molecule has 0 bridgehead atoms. The van der Waals surface area contributed by atoms with E-state index in [0.717, 1.165) is 102 Å². The van der Waals surface area contributed by atoms with Gasteiger partial charge in [0.15, 0.2) is 0 Å². The molecule has 6 heteroatoms. The van der Waals surface area contributed by atoms with Crippen LogP contribution < -0.4 is 0 Å². The van der Waals surface area contributed by atoms with E-state index in [9.17, 15) is 15.0 Å². The highest BCUT2D eigenvalue weighted by atomic mass is 16.5. The molecule has 1 aliphatic rings. The highest BCUT2D eigenvalue weighted by Crippen LogP contribution is 2.77. The van der Waals surface area contributed by atoms with E-state index < -0.39 is 16.8 Å². The third-order valence-corrected chi connectivity index (χ3v) is 28.0. The molecule has 1 fully saturated rings. The van der Waals surface area contributed by atoms with E-state index in [1.54, 1.807) is 0 Å². The maximum absolute atomic E-state index is 17.1.